The molecule has 1 nitrogen and oxygen atoms in total. The fraction of sp³-hybridized carbons (Fsp3) is 0.273. The third kappa shape index (κ3) is 2.21. The van der Waals surface area contributed by atoms with E-state index in [1.807, 2.05) is 37.3 Å². The summed E-state index contributed by atoms with van der Waals surface area (Å²) in [6.45, 7) is 2.00. The smallest absolute Gasteiger partial charge is 0.100 e. The highest BCUT2D eigenvalue weighted by Crippen LogP contribution is 2.16. The summed E-state index contributed by atoms with van der Waals surface area (Å²) in [5.41, 5.74) is 1.19. The van der Waals surface area contributed by atoms with Crippen molar-refractivity contribution in [1.29, 1.82) is 0 Å². The van der Waals surface area contributed by atoms with Crippen molar-refractivity contribution in [3.63, 3.8) is 0 Å². The molecule has 0 aliphatic heterocycles. The van der Waals surface area contributed by atoms with Crippen LogP contribution in [0, 0.1) is 0 Å². The maximum atomic E-state index is 5.29. The molecule has 0 amide bonds. The molecule has 0 saturated heterocycles. The van der Waals surface area contributed by atoms with E-state index in [1.54, 1.807) is 7.11 Å². The summed E-state index contributed by atoms with van der Waals surface area (Å²) in [6.07, 6.45) is 4.13. The molecule has 1 aromatic rings. The van der Waals surface area contributed by atoms with E-state index in [9.17, 15) is 0 Å². The maximum absolute atomic E-state index is 5.29. The lowest BCUT2D eigenvalue weighted by molar-refractivity contribution is 0.142. The Morgan fingerprint density at radius 3 is 2.42 bits per heavy atom. The fourth-order valence-corrected chi connectivity index (χ4v) is 1.14. The molecule has 0 aliphatic carbocycles. The van der Waals surface area contributed by atoms with Crippen LogP contribution in [0.4, 0.5) is 0 Å². The monoisotopic (exact) mass is 162 g/mol. The van der Waals surface area contributed by atoms with Gasteiger partial charge in [0, 0.05) is 7.11 Å². The quantitative estimate of drug-likeness (QED) is 0.621. The van der Waals surface area contributed by atoms with Crippen LogP contribution in [0.25, 0.3) is 0 Å². The van der Waals surface area contributed by atoms with Crippen molar-refractivity contribution in [2.75, 3.05) is 7.11 Å². The molecule has 1 atom stereocenters. The van der Waals surface area contributed by atoms with Gasteiger partial charge >= 0.3 is 0 Å². The Kier molecular flexibility index (Phi) is 3.55. The first kappa shape index (κ1) is 9.01. The number of benzene rings is 1. The van der Waals surface area contributed by atoms with Crippen molar-refractivity contribution in [2.45, 2.75) is 13.0 Å². The molecule has 0 aromatic heterocycles. The molecule has 0 saturated carbocycles. The second-order valence-corrected chi connectivity index (χ2v) is 2.59. The minimum absolute atomic E-state index is 0.0937. The molecule has 0 bridgehead atoms. The summed E-state index contributed by atoms with van der Waals surface area (Å²) in [5.74, 6) is 0. The molecule has 1 heteroatoms. The van der Waals surface area contributed by atoms with Gasteiger partial charge in [0.05, 0.1) is 0 Å². The third-order valence-electron chi connectivity index (χ3n) is 1.75. The number of rotatable bonds is 3. The fourth-order valence-electron chi connectivity index (χ4n) is 1.14. The summed E-state index contributed by atoms with van der Waals surface area (Å²) in [4.78, 5) is 0. The van der Waals surface area contributed by atoms with Gasteiger partial charge in [-0.3, -0.25) is 0 Å². The normalized spacial score (nSPS) is 13.5. The van der Waals surface area contributed by atoms with Gasteiger partial charge in [-0.05, 0) is 12.5 Å². The van der Waals surface area contributed by atoms with Crippen LogP contribution in [0.2, 0.25) is 0 Å². The van der Waals surface area contributed by atoms with Crippen molar-refractivity contribution < 1.29 is 4.74 Å². The number of hydrogen-bond donors (Lipinski definition) is 0. The van der Waals surface area contributed by atoms with E-state index in [1.165, 1.54) is 5.56 Å². The average molecular weight is 162 g/mol. The van der Waals surface area contributed by atoms with E-state index in [4.69, 9.17) is 4.74 Å². The highest BCUT2D eigenvalue weighted by Gasteiger charge is 2.03. The largest absolute Gasteiger partial charge is 0.373 e. The van der Waals surface area contributed by atoms with E-state index in [2.05, 4.69) is 12.1 Å². The first-order valence-electron chi connectivity index (χ1n) is 4.09. The maximum Gasteiger partial charge on any atom is 0.100 e. The molecule has 64 valence electrons. The van der Waals surface area contributed by atoms with E-state index >= 15 is 0 Å². The van der Waals surface area contributed by atoms with Gasteiger partial charge in [-0.1, -0.05) is 42.5 Å². The zero-order valence-corrected chi connectivity index (χ0v) is 7.53. The summed E-state index contributed by atoms with van der Waals surface area (Å²) in [6, 6.07) is 10.2. The summed E-state index contributed by atoms with van der Waals surface area (Å²) in [7, 11) is 1.72. The van der Waals surface area contributed by atoms with Crippen molar-refractivity contribution in [1.82, 2.24) is 0 Å². The molecule has 0 heterocycles. The molecular formula is C11H14O. The second kappa shape index (κ2) is 4.73. The van der Waals surface area contributed by atoms with E-state index < -0.39 is 0 Å². The summed E-state index contributed by atoms with van der Waals surface area (Å²) >= 11 is 0. The van der Waals surface area contributed by atoms with Crippen molar-refractivity contribution in [3.8, 4) is 0 Å². The first-order valence-corrected chi connectivity index (χ1v) is 4.09. The molecule has 1 unspecified atom stereocenters. The SMILES string of the molecule is CC=CC(OC)c1ccccc1. The van der Waals surface area contributed by atoms with Crippen LogP contribution in [0.1, 0.15) is 18.6 Å². The van der Waals surface area contributed by atoms with E-state index in [0.29, 0.717) is 0 Å². The van der Waals surface area contributed by atoms with Crippen LogP contribution in [-0.2, 0) is 4.74 Å². The van der Waals surface area contributed by atoms with Crippen molar-refractivity contribution in [2.24, 2.45) is 0 Å². The van der Waals surface area contributed by atoms with Crippen molar-refractivity contribution >= 4 is 0 Å². The Balaban J connectivity index is 2.80. The Morgan fingerprint density at radius 1 is 1.25 bits per heavy atom. The molecule has 0 spiro atoms. The molecular weight excluding hydrogens is 148 g/mol. The molecule has 0 N–H and O–H groups in total. The number of methoxy groups -OCH3 is 1. The van der Waals surface area contributed by atoms with E-state index in [0.717, 1.165) is 0 Å². The highest BCUT2D eigenvalue weighted by atomic mass is 16.5. The van der Waals surface area contributed by atoms with Gasteiger partial charge < -0.3 is 4.74 Å². The first-order chi connectivity index (χ1) is 5.88. The molecule has 0 radical (unpaired) electrons. The molecule has 0 fully saturated rings. The van der Waals surface area contributed by atoms with Crippen LogP contribution in [0.15, 0.2) is 42.5 Å². The molecule has 1 rings (SSSR count). The minimum atomic E-state index is 0.0937. The van der Waals surface area contributed by atoms with Crippen molar-refractivity contribution in [3.05, 3.63) is 48.0 Å². The highest BCUT2D eigenvalue weighted by molar-refractivity contribution is 5.21. The summed E-state index contributed by atoms with van der Waals surface area (Å²) < 4.78 is 5.29. The zero-order valence-electron chi connectivity index (χ0n) is 7.53. The predicted octanol–water partition coefficient (Wildman–Crippen LogP) is 2.95. The molecule has 0 aliphatic rings. The van der Waals surface area contributed by atoms with Gasteiger partial charge in [-0.2, -0.15) is 0 Å². The topological polar surface area (TPSA) is 9.23 Å². The lowest BCUT2D eigenvalue weighted by atomic mass is 10.1. The van der Waals surface area contributed by atoms with Gasteiger partial charge in [-0.15, -0.1) is 0 Å². The minimum Gasteiger partial charge on any atom is -0.373 e. The predicted molar refractivity (Wildman–Crippen MR) is 51.0 cm³/mol. The molecule has 12 heavy (non-hydrogen) atoms. The second-order valence-electron chi connectivity index (χ2n) is 2.59. The lowest BCUT2D eigenvalue weighted by Crippen LogP contribution is -1.96. The Morgan fingerprint density at radius 2 is 1.92 bits per heavy atom. The average Bonchev–Trinajstić information content (AvgIpc) is 2.15. The van der Waals surface area contributed by atoms with Gasteiger partial charge in [0.25, 0.3) is 0 Å². The zero-order chi connectivity index (χ0) is 8.81. The Hall–Kier alpha value is -1.08. The number of hydrogen-bond acceptors (Lipinski definition) is 1. The van der Waals surface area contributed by atoms with E-state index in [-0.39, 0.29) is 6.10 Å². The van der Waals surface area contributed by atoms with Crippen LogP contribution >= 0.6 is 0 Å². The lowest BCUT2D eigenvalue weighted by Gasteiger charge is -2.10. The van der Waals surface area contributed by atoms with Gasteiger partial charge in [-0.25, -0.2) is 0 Å². The van der Waals surface area contributed by atoms with Crippen LogP contribution in [-0.4, -0.2) is 7.11 Å². The van der Waals surface area contributed by atoms with Crippen LogP contribution in [0.5, 0.6) is 0 Å². The van der Waals surface area contributed by atoms with Gasteiger partial charge in [0.15, 0.2) is 0 Å². The van der Waals surface area contributed by atoms with Gasteiger partial charge in [0.1, 0.15) is 6.10 Å². The van der Waals surface area contributed by atoms with Crippen LogP contribution < -0.4 is 0 Å². The standard InChI is InChI=1S/C11H14O/c1-3-7-11(12-2)10-8-5-4-6-9-10/h3-9,11H,1-2H3. The molecule has 1 aromatic carbocycles. The third-order valence-corrected chi connectivity index (χ3v) is 1.75. The Bertz CT molecular complexity index is 238. The number of ether oxygens (including phenoxy) is 1. The van der Waals surface area contributed by atoms with Gasteiger partial charge in [0.2, 0.25) is 0 Å². The summed E-state index contributed by atoms with van der Waals surface area (Å²) in [5, 5.41) is 0. The Labute approximate surface area is 73.7 Å². The van der Waals surface area contributed by atoms with Crippen LogP contribution in [0.3, 0.4) is 0 Å². The number of allylic oxidation sites excluding steroid dienone is 1.